The van der Waals surface area contributed by atoms with E-state index in [1.54, 1.807) is 30.3 Å². The van der Waals surface area contributed by atoms with Crippen molar-refractivity contribution in [3.05, 3.63) is 53.3 Å². The smallest absolute Gasteiger partial charge is 0.354 e. The van der Waals surface area contributed by atoms with Crippen LogP contribution in [-0.4, -0.2) is 27.7 Å². The van der Waals surface area contributed by atoms with E-state index in [0.29, 0.717) is 15.6 Å². The highest BCUT2D eigenvalue weighted by Gasteiger charge is 2.08. The number of hydrogen-bond donors (Lipinski definition) is 2. The average molecular weight is 323 g/mol. The van der Waals surface area contributed by atoms with Gasteiger partial charge in [-0.1, -0.05) is 17.7 Å². The third-order valence-electron chi connectivity index (χ3n) is 2.43. The van der Waals surface area contributed by atoms with Crippen molar-refractivity contribution in [3.8, 4) is 0 Å². The molecule has 7 heteroatoms. The van der Waals surface area contributed by atoms with Gasteiger partial charge in [-0.2, -0.15) is 0 Å². The fourth-order valence-corrected chi connectivity index (χ4v) is 2.44. The Morgan fingerprint density at radius 3 is 2.81 bits per heavy atom. The van der Waals surface area contributed by atoms with Gasteiger partial charge in [0.1, 0.15) is 5.69 Å². The molecule has 2 N–H and O–H groups in total. The molecule has 1 heterocycles. The summed E-state index contributed by atoms with van der Waals surface area (Å²) in [6, 6.07) is 9.94. The summed E-state index contributed by atoms with van der Waals surface area (Å²) in [6.45, 7) is 0. The number of rotatable bonds is 5. The highest BCUT2D eigenvalue weighted by atomic mass is 35.5. The third kappa shape index (κ3) is 4.77. The van der Waals surface area contributed by atoms with Crippen molar-refractivity contribution in [2.24, 2.45) is 0 Å². The molecule has 0 spiro atoms. The zero-order chi connectivity index (χ0) is 15.2. The summed E-state index contributed by atoms with van der Waals surface area (Å²) >= 11 is 7.06. The summed E-state index contributed by atoms with van der Waals surface area (Å²) in [5, 5.41) is 12.1. The molecular weight excluding hydrogens is 312 g/mol. The van der Waals surface area contributed by atoms with Crippen LogP contribution in [-0.2, 0) is 4.79 Å². The second kappa shape index (κ2) is 7.10. The predicted octanol–water partition coefficient (Wildman–Crippen LogP) is 3.16. The molecule has 1 aromatic heterocycles. The fourth-order valence-electron chi connectivity index (χ4n) is 1.53. The van der Waals surface area contributed by atoms with E-state index >= 15 is 0 Å². The van der Waals surface area contributed by atoms with Crippen LogP contribution in [0.5, 0.6) is 0 Å². The highest BCUT2D eigenvalue weighted by Crippen LogP contribution is 2.19. The second-order valence-corrected chi connectivity index (χ2v) is 5.51. The molecule has 0 aliphatic heterocycles. The van der Waals surface area contributed by atoms with Crippen molar-refractivity contribution >= 4 is 40.9 Å². The Morgan fingerprint density at radius 1 is 1.29 bits per heavy atom. The molecule has 108 valence electrons. The number of carbonyl (C=O) groups excluding carboxylic acids is 1. The number of anilines is 1. The molecule has 0 atom stereocenters. The standard InChI is InChI=1S/C14H11ClN2O3S/c15-9-2-1-3-10(6-9)17-13(18)8-21-11-4-5-16-12(7-11)14(19)20/h1-7H,8H2,(H,17,18)(H,19,20). The first-order chi connectivity index (χ1) is 10.0. The first-order valence-corrected chi connectivity index (χ1v) is 7.28. The van der Waals surface area contributed by atoms with Crippen LogP contribution in [0, 0.1) is 0 Å². The molecule has 1 aromatic carbocycles. The second-order valence-electron chi connectivity index (χ2n) is 4.03. The lowest BCUT2D eigenvalue weighted by Crippen LogP contribution is -2.13. The van der Waals surface area contributed by atoms with Crippen LogP contribution in [0.3, 0.4) is 0 Å². The van der Waals surface area contributed by atoms with E-state index in [0.717, 1.165) is 0 Å². The Labute approximate surface area is 130 Å². The van der Waals surface area contributed by atoms with E-state index in [2.05, 4.69) is 10.3 Å². The van der Waals surface area contributed by atoms with Gasteiger partial charge in [-0.25, -0.2) is 9.78 Å². The van der Waals surface area contributed by atoms with E-state index in [4.69, 9.17) is 16.7 Å². The van der Waals surface area contributed by atoms with Crippen LogP contribution < -0.4 is 5.32 Å². The van der Waals surface area contributed by atoms with Gasteiger partial charge in [0, 0.05) is 21.8 Å². The maximum Gasteiger partial charge on any atom is 0.354 e. The Balaban J connectivity index is 1.92. The number of halogens is 1. The minimum absolute atomic E-state index is 0.0461. The predicted molar refractivity (Wildman–Crippen MR) is 82.0 cm³/mol. The Bertz CT molecular complexity index is 679. The summed E-state index contributed by atoms with van der Waals surface area (Å²) < 4.78 is 0. The van der Waals surface area contributed by atoms with Gasteiger partial charge in [-0.3, -0.25) is 4.79 Å². The maximum atomic E-state index is 11.8. The van der Waals surface area contributed by atoms with Gasteiger partial charge in [0.25, 0.3) is 0 Å². The van der Waals surface area contributed by atoms with Crippen molar-refractivity contribution in [1.29, 1.82) is 0 Å². The van der Waals surface area contributed by atoms with Gasteiger partial charge in [0.15, 0.2) is 0 Å². The number of thioether (sulfide) groups is 1. The Hall–Kier alpha value is -2.05. The van der Waals surface area contributed by atoms with Crippen molar-refractivity contribution < 1.29 is 14.7 Å². The monoisotopic (exact) mass is 322 g/mol. The number of amides is 1. The number of pyridine rings is 1. The van der Waals surface area contributed by atoms with Crippen LogP contribution in [0.2, 0.25) is 5.02 Å². The largest absolute Gasteiger partial charge is 0.477 e. The molecule has 2 rings (SSSR count). The summed E-state index contributed by atoms with van der Waals surface area (Å²) in [4.78, 5) is 27.0. The van der Waals surface area contributed by atoms with Crippen molar-refractivity contribution in [3.63, 3.8) is 0 Å². The summed E-state index contributed by atoms with van der Waals surface area (Å²) in [6.07, 6.45) is 1.40. The molecule has 1 amide bonds. The quantitative estimate of drug-likeness (QED) is 0.827. The normalized spacial score (nSPS) is 10.1. The molecule has 0 aliphatic rings. The van der Waals surface area contributed by atoms with Crippen LogP contribution in [0.1, 0.15) is 10.5 Å². The van der Waals surface area contributed by atoms with Gasteiger partial charge < -0.3 is 10.4 Å². The minimum atomic E-state index is -1.10. The maximum absolute atomic E-state index is 11.8. The van der Waals surface area contributed by atoms with E-state index in [1.165, 1.54) is 24.0 Å². The third-order valence-corrected chi connectivity index (χ3v) is 3.66. The molecular formula is C14H11ClN2O3S. The molecule has 0 bridgehead atoms. The van der Waals surface area contributed by atoms with Crippen molar-refractivity contribution in [2.75, 3.05) is 11.1 Å². The molecule has 0 unspecified atom stereocenters. The molecule has 0 aliphatic carbocycles. The number of nitrogens with one attached hydrogen (secondary N) is 1. The van der Waals surface area contributed by atoms with Crippen LogP contribution in [0.15, 0.2) is 47.5 Å². The van der Waals surface area contributed by atoms with E-state index < -0.39 is 5.97 Å². The molecule has 2 aromatic rings. The van der Waals surface area contributed by atoms with Crippen molar-refractivity contribution in [1.82, 2.24) is 4.98 Å². The lowest BCUT2D eigenvalue weighted by atomic mass is 10.3. The Morgan fingerprint density at radius 2 is 2.10 bits per heavy atom. The zero-order valence-corrected chi connectivity index (χ0v) is 12.3. The molecule has 0 radical (unpaired) electrons. The first-order valence-electron chi connectivity index (χ1n) is 5.92. The lowest BCUT2D eigenvalue weighted by Gasteiger charge is -2.05. The zero-order valence-electron chi connectivity index (χ0n) is 10.7. The minimum Gasteiger partial charge on any atom is -0.477 e. The molecule has 0 saturated carbocycles. The van der Waals surface area contributed by atoms with Crippen LogP contribution >= 0.6 is 23.4 Å². The van der Waals surface area contributed by atoms with E-state index in [9.17, 15) is 9.59 Å². The number of carboxylic acid groups (broad SMARTS) is 1. The molecule has 5 nitrogen and oxygen atoms in total. The van der Waals surface area contributed by atoms with Gasteiger partial charge in [0.2, 0.25) is 5.91 Å². The number of aromatic carboxylic acids is 1. The summed E-state index contributed by atoms with van der Waals surface area (Å²) in [5.74, 6) is -1.13. The highest BCUT2D eigenvalue weighted by molar-refractivity contribution is 8.00. The Kier molecular flexibility index (Phi) is 5.19. The number of carbonyl (C=O) groups is 2. The molecule has 0 fully saturated rings. The molecule has 0 saturated heterocycles. The average Bonchev–Trinajstić information content (AvgIpc) is 2.45. The van der Waals surface area contributed by atoms with Gasteiger partial charge in [-0.05, 0) is 30.3 Å². The summed E-state index contributed by atoms with van der Waals surface area (Å²) in [7, 11) is 0. The van der Waals surface area contributed by atoms with Gasteiger partial charge in [0.05, 0.1) is 5.75 Å². The molecule has 21 heavy (non-hydrogen) atoms. The number of carboxylic acids is 1. The fraction of sp³-hybridized carbons (Fsp3) is 0.0714. The lowest BCUT2D eigenvalue weighted by molar-refractivity contribution is -0.113. The number of benzene rings is 1. The van der Waals surface area contributed by atoms with Gasteiger partial charge in [-0.15, -0.1) is 11.8 Å². The van der Waals surface area contributed by atoms with Crippen molar-refractivity contribution in [2.45, 2.75) is 4.90 Å². The number of hydrogen-bond acceptors (Lipinski definition) is 4. The van der Waals surface area contributed by atoms with Crippen LogP contribution in [0.25, 0.3) is 0 Å². The van der Waals surface area contributed by atoms with E-state index in [-0.39, 0.29) is 17.4 Å². The topological polar surface area (TPSA) is 79.3 Å². The summed E-state index contributed by atoms with van der Waals surface area (Å²) in [5.41, 5.74) is 0.573. The number of aromatic nitrogens is 1. The van der Waals surface area contributed by atoms with Gasteiger partial charge >= 0.3 is 5.97 Å². The van der Waals surface area contributed by atoms with Crippen LogP contribution in [0.4, 0.5) is 5.69 Å². The van der Waals surface area contributed by atoms with E-state index in [1.807, 2.05) is 0 Å². The SMILES string of the molecule is O=C(CSc1ccnc(C(=O)O)c1)Nc1cccc(Cl)c1. The number of nitrogens with zero attached hydrogens (tertiary/aromatic N) is 1. The first kappa shape index (κ1) is 15.3.